The van der Waals surface area contributed by atoms with Crippen LogP contribution in [0.3, 0.4) is 0 Å². The van der Waals surface area contributed by atoms with Gasteiger partial charge in [-0.2, -0.15) is 43.9 Å². The molecule has 3 aromatic rings. The van der Waals surface area contributed by atoms with Gasteiger partial charge in [0.15, 0.2) is 11.6 Å². The van der Waals surface area contributed by atoms with E-state index in [2.05, 4.69) is 4.74 Å². The Morgan fingerprint density at radius 3 is 1.92 bits per heavy atom. The van der Waals surface area contributed by atoms with Crippen molar-refractivity contribution in [2.75, 3.05) is 0 Å². The van der Waals surface area contributed by atoms with Gasteiger partial charge in [-0.1, -0.05) is 36.4 Å². The van der Waals surface area contributed by atoms with Crippen molar-refractivity contribution in [1.29, 1.82) is 0 Å². The van der Waals surface area contributed by atoms with Crippen molar-refractivity contribution < 1.29 is 76.5 Å². The molecule has 0 aliphatic rings. The largest absolute Gasteiger partial charge is 0.488 e. The zero-order valence-electron chi connectivity index (χ0n) is 24.4. The molecule has 264 valence electrons. The fourth-order valence-electron chi connectivity index (χ4n) is 4.56. The lowest BCUT2D eigenvalue weighted by Crippen LogP contribution is -2.67. The Morgan fingerprint density at radius 1 is 0.812 bits per heavy atom. The highest BCUT2D eigenvalue weighted by molar-refractivity contribution is 5.84. The van der Waals surface area contributed by atoms with Gasteiger partial charge < -0.3 is 19.9 Å². The molecule has 0 saturated carbocycles. The van der Waals surface area contributed by atoms with E-state index in [0.29, 0.717) is 18.2 Å². The number of ether oxygens (including phenoxy) is 2. The van der Waals surface area contributed by atoms with E-state index in [-0.39, 0.29) is 11.6 Å². The topological polar surface area (TPSA) is 67.8 Å². The predicted octanol–water partition coefficient (Wildman–Crippen LogP) is 7.79. The molecule has 0 saturated heterocycles. The minimum Gasteiger partial charge on any atom is -0.488 e. The van der Waals surface area contributed by atoms with Crippen molar-refractivity contribution in [3.05, 3.63) is 95.1 Å². The van der Waals surface area contributed by atoms with Gasteiger partial charge in [0, 0.05) is 12.5 Å². The standard InChI is InChI=1S/C30H24F13NO4/c1-15(2)47-22-12-17(8-9-21(22)32)26(14-16-6-4-3-5-7-16,18-10-19(31)13-20(11-18)48-28(36,37)25(34)35)44-24(45)23(33)27(46,29(38,39)40)30(41,42)43/h3-13,15,23,25,46H,14H2,1-2H3,(H,44,45)/t23?,26-/m1/s1. The first kappa shape index (κ1) is 38.2. The molecule has 18 heteroatoms. The number of halogens is 13. The van der Waals surface area contributed by atoms with Gasteiger partial charge in [0.25, 0.3) is 11.5 Å². The highest BCUT2D eigenvalue weighted by Crippen LogP contribution is 2.47. The summed E-state index contributed by atoms with van der Waals surface area (Å²) in [5.74, 6) is -7.56. The number of hydrogen-bond donors (Lipinski definition) is 2. The molecule has 0 spiro atoms. The Bertz CT molecular complexity index is 1570. The number of rotatable bonds is 12. The van der Waals surface area contributed by atoms with Crippen LogP contribution in [0.4, 0.5) is 57.1 Å². The van der Waals surface area contributed by atoms with Crippen molar-refractivity contribution in [1.82, 2.24) is 5.32 Å². The third kappa shape index (κ3) is 7.90. The molecule has 1 unspecified atom stereocenters. The van der Waals surface area contributed by atoms with Crippen LogP contribution in [0.5, 0.6) is 11.5 Å². The maximum atomic E-state index is 15.3. The van der Waals surface area contributed by atoms with Gasteiger partial charge in [-0.05, 0) is 54.8 Å². The number of hydrogen-bond acceptors (Lipinski definition) is 4. The Labute approximate surface area is 263 Å². The van der Waals surface area contributed by atoms with Gasteiger partial charge in [0.1, 0.15) is 11.6 Å². The van der Waals surface area contributed by atoms with E-state index in [1.54, 1.807) is 5.32 Å². The summed E-state index contributed by atoms with van der Waals surface area (Å²) in [4.78, 5) is 13.2. The van der Waals surface area contributed by atoms with E-state index < -0.39 is 94.9 Å². The maximum absolute atomic E-state index is 15.3. The van der Waals surface area contributed by atoms with E-state index in [1.807, 2.05) is 0 Å². The molecule has 1 amide bonds. The van der Waals surface area contributed by atoms with Gasteiger partial charge in [0.2, 0.25) is 6.17 Å². The van der Waals surface area contributed by atoms with Crippen LogP contribution in [-0.4, -0.2) is 53.8 Å². The van der Waals surface area contributed by atoms with Crippen LogP contribution in [0.2, 0.25) is 0 Å². The second-order valence-electron chi connectivity index (χ2n) is 10.6. The van der Waals surface area contributed by atoms with Crippen LogP contribution in [0, 0.1) is 11.6 Å². The summed E-state index contributed by atoms with van der Waals surface area (Å²) >= 11 is 0. The first-order chi connectivity index (χ1) is 21.9. The van der Waals surface area contributed by atoms with Crippen molar-refractivity contribution in [2.24, 2.45) is 0 Å². The van der Waals surface area contributed by atoms with E-state index in [4.69, 9.17) is 4.74 Å². The molecule has 3 rings (SSSR count). The van der Waals surface area contributed by atoms with Crippen molar-refractivity contribution in [2.45, 2.75) is 68.6 Å². The van der Waals surface area contributed by atoms with Crippen LogP contribution in [0.1, 0.15) is 30.5 Å². The number of aliphatic hydroxyl groups is 1. The van der Waals surface area contributed by atoms with Crippen molar-refractivity contribution in [3.63, 3.8) is 0 Å². The molecule has 3 aromatic carbocycles. The van der Waals surface area contributed by atoms with Gasteiger partial charge in [0.05, 0.1) is 11.6 Å². The average molecular weight is 709 g/mol. The van der Waals surface area contributed by atoms with E-state index in [9.17, 15) is 62.6 Å². The van der Waals surface area contributed by atoms with Crippen LogP contribution < -0.4 is 14.8 Å². The third-order valence-electron chi connectivity index (χ3n) is 6.77. The molecule has 2 atom stereocenters. The Balaban J connectivity index is 2.43. The third-order valence-corrected chi connectivity index (χ3v) is 6.77. The summed E-state index contributed by atoms with van der Waals surface area (Å²) in [6.45, 7) is 2.82. The Kier molecular flexibility index (Phi) is 10.9. The quantitative estimate of drug-likeness (QED) is 0.189. The SMILES string of the molecule is CC(C)Oc1cc([C@@](Cc2ccccc2)(NC(=O)C(F)C(O)(C(F)(F)F)C(F)(F)F)c2cc(F)cc(OC(F)(F)C(F)F)c2)ccc1F. The van der Waals surface area contributed by atoms with E-state index in [1.165, 1.54) is 44.2 Å². The Morgan fingerprint density at radius 2 is 1.40 bits per heavy atom. The normalized spacial score (nSPS) is 14.9. The van der Waals surface area contributed by atoms with Gasteiger partial charge in [-0.25, -0.2) is 13.2 Å². The second-order valence-corrected chi connectivity index (χ2v) is 10.6. The monoisotopic (exact) mass is 709 g/mol. The summed E-state index contributed by atoms with van der Waals surface area (Å²) in [5, 5.41) is 11.2. The summed E-state index contributed by atoms with van der Waals surface area (Å²) in [7, 11) is 0. The fraction of sp³-hybridized carbons (Fsp3) is 0.367. The summed E-state index contributed by atoms with van der Waals surface area (Å²) in [6, 6.07) is 9.66. The lowest BCUT2D eigenvalue weighted by Gasteiger charge is -2.40. The summed E-state index contributed by atoms with van der Waals surface area (Å²) in [6.07, 6.45) is -30.0. The molecule has 0 aromatic heterocycles. The number of carbonyl (C=O) groups excluding carboxylic acids is 1. The molecule has 0 bridgehead atoms. The highest BCUT2D eigenvalue weighted by atomic mass is 19.4. The number of amides is 1. The molecular formula is C30H24F13NO4. The van der Waals surface area contributed by atoms with Crippen LogP contribution in [0.15, 0.2) is 66.7 Å². The minimum atomic E-state index is -6.85. The number of nitrogens with one attached hydrogen (secondary N) is 1. The Hall–Kier alpha value is -4.22. The fourth-order valence-corrected chi connectivity index (χ4v) is 4.56. The molecule has 0 aliphatic carbocycles. The average Bonchev–Trinajstić information content (AvgIpc) is 2.95. The van der Waals surface area contributed by atoms with Crippen LogP contribution in [0.25, 0.3) is 0 Å². The minimum absolute atomic E-state index is 0.00963. The molecule has 0 heterocycles. The molecular weight excluding hydrogens is 685 g/mol. The predicted molar refractivity (Wildman–Crippen MR) is 141 cm³/mol. The van der Waals surface area contributed by atoms with Crippen molar-refractivity contribution in [3.8, 4) is 11.5 Å². The van der Waals surface area contributed by atoms with Gasteiger partial charge >= 0.3 is 24.9 Å². The molecule has 0 fully saturated rings. The molecule has 2 N–H and O–H groups in total. The molecule has 5 nitrogen and oxygen atoms in total. The van der Waals surface area contributed by atoms with Gasteiger partial charge in [-0.3, -0.25) is 4.79 Å². The zero-order chi connectivity index (χ0) is 36.5. The maximum Gasteiger partial charge on any atom is 0.461 e. The first-order valence-electron chi connectivity index (χ1n) is 13.4. The lowest BCUT2D eigenvalue weighted by molar-refractivity contribution is -0.380. The number of carbonyl (C=O) groups is 1. The van der Waals surface area contributed by atoms with Crippen LogP contribution in [-0.2, 0) is 16.8 Å². The van der Waals surface area contributed by atoms with Crippen molar-refractivity contribution >= 4 is 5.91 Å². The van der Waals surface area contributed by atoms with Crippen LogP contribution >= 0.6 is 0 Å². The van der Waals surface area contributed by atoms with E-state index in [0.717, 1.165) is 12.1 Å². The summed E-state index contributed by atoms with van der Waals surface area (Å²) < 4.78 is 189. The zero-order valence-corrected chi connectivity index (χ0v) is 24.4. The van der Waals surface area contributed by atoms with Gasteiger partial charge in [-0.15, -0.1) is 0 Å². The molecule has 0 aliphatic heterocycles. The molecule has 48 heavy (non-hydrogen) atoms. The first-order valence-corrected chi connectivity index (χ1v) is 13.4. The lowest BCUT2D eigenvalue weighted by atomic mass is 9.77. The summed E-state index contributed by atoms with van der Waals surface area (Å²) in [5.41, 5.74) is -10.6. The van der Waals surface area contributed by atoms with E-state index >= 15 is 4.39 Å². The molecule has 0 radical (unpaired) electrons. The highest BCUT2D eigenvalue weighted by Gasteiger charge is 2.76. The second kappa shape index (κ2) is 13.7. The number of benzene rings is 3. The smallest absolute Gasteiger partial charge is 0.461 e. The number of alkyl halides is 11.